The van der Waals surface area contributed by atoms with Crippen LogP contribution in [0.2, 0.25) is 0 Å². The minimum absolute atomic E-state index is 0. The topological polar surface area (TPSA) is 116 Å². The molecule has 0 bridgehead atoms. The van der Waals surface area contributed by atoms with Gasteiger partial charge in [0.25, 0.3) is 0 Å². The van der Waals surface area contributed by atoms with E-state index in [0.29, 0.717) is 34.8 Å². The predicted octanol–water partition coefficient (Wildman–Crippen LogP) is 5.15. The third-order valence-electron chi connectivity index (χ3n) is 7.46. The number of benzene rings is 3. The molecule has 47 heavy (non-hydrogen) atoms. The molecule has 0 aromatic heterocycles. The van der Waals surface area contributed by atoms with Crippen molar-refractivity contribution in [2.75, 3.05) is 26.4 Å². The summed E-state index contributed by atoms with van der Waals surface area (Å²) in [5.41, 5.74) is 1.60. The van der Waals surface area contributed by atoms with Crippen molar-refractivity contribution in [2.45, 2.75) is 98.3 Å². The van der Waals surface area contributed by atoms with Gasteiger partial charge in [0.05, 0.1) is 11.5 Å². The fourth-order valence-corrected chi connectivity index (χ4v) is 6.75. The zero-order valence-corrected chi connectivity index (χ0v) is 31.4. The van der Waals surface area contributed by atoms with Gasteiger partial charge in [0.2, 0.25) is 0 Å². The summed E-state index contributed by atoms with van der Waals surface area (Å²) >= 11 is 1.19. The molecule has 0 fully saturated rings. The molecule has 0 radical (unpaired) electrons. The van der Waals surface area contributed by atoms with Crippen LogP contribution in [-0.4, -0.2) is 49.6 Å². The maximum absolute atomic E-state index is 12.3. The fraction of sp³-hybridized carbons (Fsp3) is 0.459. The number of ether oxygens (including phenoxy) is 2. The molecular formula is C37H47NaO7S2. The van der Waals surface area contributed by atoms with Gasteiger partial charge in [-0.05, 0) is 66.8 Å². The average Bonchev–Trinajstić information content (AvgIpc) is 3.05. The molecule has 3 rings (SSSR count). The monoisotopic (exact) mass is 690 g/mol. The van der Waals surface area contributed by atoms with E-state index in [1.807, 2.05) is 24.3 Å². The Balaban J connectivity index is 0.00000768. The number of aliphatic hydroxyl groups is 2. The normalized spacial score (nSPS) is 11.7. The van der Waals surface area contributed by atoms with E-state index >= 15 is 0 Å². The number of hydrogen-bond donors (Lipinski definition) is 2. The predicted molar refractivity (Wildman–Crippen MR) is 183 cm³/mol. The van der Waals surface area contributed by atoms with Crippen LogP contribution in [0, 0.1) is 11.8 Å². The summed E-state index contributed by atoms with van der Waals surface area (Å²) in [6, 6.07) is 19.1. The van der Waals surface area contributed by atoms with Crippen molar-refractivity contribution < 1.29 is 62.2 Å². The zero-order valence-electron chi connectivity index (χ0n) is 27.8. The summed E-state index contributed by atoms with van der Waals surface area (Å²) in [4.78, 5) is 0.776. The minimum Gasteiger partial charge on any atom is -0.744 e. The Morgan fingerprint density at radius 3 is 2.17 bits per heavy atom. The minimum atomic E-state index is -4.79. The van der Waals surface area contributed by atoms with Gasteiger partial charge in [-0.2, -0.15) is 0 Å². The molecule has 250 valence electrons. The van der Waals surface area contributed by atoms with E-state index in [9.17, 15) is 18.1 Å². The van der Waals surface area contributed by atoms with Crippen molar-refractivity contribution >= 4 is 21.9 Å². The molecule has 0 aliphatic rings. The van der Waals surface area contributed by atoms with E-state index in [2.05, 4.69) is 18.8 Å². The average molecular weight is 691 g/mol. The van der Waals surface area contributed by atoms with E-state index in [4.69, 9.17) is 14.6 Å². The van der Waals surface area contributed by atoms with Crippen LogP contribution in [0.25, 0.3) is 11.1 Å². The molecule has 0 heterocycles. The summed E-state index contributed by atoms with van der Waals surface area (Å²) in [5.74, 6) is 6.45. The van der Waals surface area contributed by atoms with Gasteiger partial charge in [-0.1, -0.05) is 112 Å². The van der Waals surface area contributed by atoms with E-state index < -0.39 is 16.2 Å². The van der Waals surface area contributed by atoms with E-state index in [-0.39, 0.29) is 47.7 Å². The molecule has 10 heteroatoms. The van der Waals surface area contributed by atoms with Gasteiger partial charge in [-0.15, -0.1) is 0 Å². The molecule has 0 aliphatic heterocycles. The first-order chi connectivity index (χ1) is 22.3. The van der Waals surface area contributed by atoms with Gasteiger partial charge in [-0.25, -0.2) is 8.42 Å². The van der Waals surface area contributed by atoms with Crippen LogP contribution in [0.1, 0.15) is 89.2 Å². The number of unbranched alkanes of at least 4 members (excludes halogenated alkanes) is 9. The van der Waals surface area contributed by atoms with Crippen LogP contribution in [-0.2, 0) is 14.9 Å². The second-order valence-corrected chi connectivity index (χ2v) is 13.6. The van der Waals surface area contributed by atoms with Crippen LogP contribution in [0.5, 0.6) is 5.75 Å². The molecule has 3 aromatic carbocycles. The summed E-state index contributed by atoms with van der Waals surface area (Å²) < 4.78 is 48.3. The first kappa shape index (κ1) is 41.3. The Morgan fingerprint density at radius 2 is 1.51 bits per heavy atom. The molecular weight excluding hydrogens is 644 g/mol. The first-order valence-electron chi connectivity index (χ1n) is 16.3. The van der Waals surface area contributed by atoms with Crippen molar-refractivity contribution in [3.05, 3.63) is 72.3 Å². The van der Waals surface area contributed by atoms with Crippen molar-refractivity contribution in [2.24, 2.45) is 0 Å². The molecule has 0 amide bonds. The molecule has 1 atom stereocenters. The van der Waals surface area contributed by atoms with Gasteiger partial charge < -0.3 is 24.2 Å². The smallest absolute Gasteiger partial charge is 0.744 e. The summed E-state index contributed by atoms with van der Waals surface area (Å²) in [6.45, 7) is 3.84. The van der Waals surface area contributed by atoms with Crippen molar-refractivity contribution in [3.63, 3.8) is 0 Å². The maximum atomic E-state index is 12.3. The van der Waals surface area contributed by atoms with Crippen molar-refractivity contribution in [1.82, 2.24) is 0 Å². The van der Waals surface area contributed by atoms with Crippen LogP contribution in [0.4, 0.5) is 0 Å². The third-order valence-corrected chi connectivity index (χ3v) is 9.55. The Morgan fingerprint density at radius 1 is 0.851 bits per heavy atom. The largest absolute Gasteiger partial charge is 1.00 e. The molecule has 7 nitrogen and oxygen atoms in total. The molecule has 0 spiro atoms. The molecule has 0 aliphatic carbocycles. The molecule has 3 aromatic rings. The maximum Gasteiger partial charge on any atom is 1.00 e. The Bertz CT molecular complexity index is 1480. The van der Waals surface area contributed by atoms with Crippen LogP contribution in [0.15, 0.2) is 81.4 Å². The quantitative estimate of drug-likeness (QED) is 0.0683. The van der Waals surface area contributed by atoms with Gasteiger partial charge in [0, 0.05) is 28.6 Å². The molecule has 1 unspecified atom stereocenters. The van der Waals surface area contributed by atoms with E-state index in [1.54, 1.807) is 36.4 Å². The van der Waals surface area contributed by atoms with Crippen LogP contribution < -0.4 is 34.3 Å². The fourth-order valence-electron chi connectivity index (χ4n) is 4.91. The van der Waals surface area contributed by atoms with Gasteiger partial charge in [0.1, 0.15) is 28.6 Å². The first-order valence-corrected chi connectivity index (χ1v) is 18.5. The van der Waals surface area contributed by atoms with Gasteiger partial charge in [0.15, 0.2) is 0 Å². The van der Waals surface area contributed by atoms with E-state index in [1.165, 1.54) is 49.9 Å². The van der Waals surface area contributed by atoms with Gasteiger partial charge >= 0.3 is 29.6 Å². The summed E-state index contributed by atoms with van der Waals surface area (Å²) in [7, 11) is -4.79. The molecule has 0 saturated heterocycles. The Labute approximate surface area is 307 Å². The Hall–Kier alpha value is -1.84. The zero-order chi connectivity index (χ0) is 33.0. The number of hydrogen-bond acceptors (Lipinski definition) is 8. The third kappa shape index (κ3) is 15.5. The van der Waals surface area contributed by atoms with Gasteiger partial charge in [-0.3, -0.25) is 0 Å². The SMILES string of the molecule is CCCCOc1ccc(Sc2ccc(-c3ccccc3C(O)C#CCOCCCCCCCCCCCO)cc2S(=O)(=O)[O-])cc1.[Na+]. The number of rotatable bonds is 21. The van der Waals surface area contributed by atoms with Crippen LogP contribution in [0.3, 0.4) is 0 Å². The summed E-state index contributed by atoms with van der Waals surface area (Å²) in [5, 5.41) is 19.7. The second-order valence-electron chi connectivity index (χ2n) is 11.2. The van der Waals surface area contributed by atoms with E-state index in [0.717, 1.165) is 49.2 Å². The standard InChI is InChI=1S/C37H48O7S2.Na/c1-2-3-28-44-31-20-22-32(23-21-31)45-36-24-19-30(29-37(36)46(40,41)42)33-16-11-12-17-34(33)35(39)18-15-27-43-26-14-10-8-6-4-5-7-9-13-25-38;/h11-12,16-17,19-24,29,35,38-39H,2-10,13-14,25-28H2,1H3,(H,40,41,42);/q;+1/p-1. The van der Waals surface area contributed by atoms with Crippen molar-refractivity contribution in [1.29, 1.82) is 0 Å². The van der Waals surface area contributed by atoms with Crippen molar-refractivity contribution in [3.8, 4) is 28.7 Å². The molecule has 2 N–H and O–H groups in total. The summed E-state index contributed by atoms with van der Waals surface area (Å²) in [6.07, 6.45) is 11.0. The second kappa shape index (κ2) is 23.5. The Kier molecular flexibility index (Phi) is 20.7. The molecule has 0 saturated carbocycles. The number of aliphatic hydroxyl groups excluding tert-OH is 2. The van der Waals surface area contributed by atoms with Crippen LogP contribution >= 0.6 is 11.8 Å².